The molecule has 3 aliphatic heterocycles. The summed E-state index contributed by atoms with van der Waals surface area (Å²) in [7, 11) is 4.11. The smallest absolute Gasteiger partial charge is 0.284 e. The minimum Gasteiger partial charge on any atom is -0.371 e. The van der Waals surface area contributed by atoms with E-state index in [4.69, 9.17) is 10.1 Å². The van der Waals surface area contributed by atoms with E-state index >= 15 is 0 Å². The van der Waals surface area contributed by atoms with Gasteiger partial charge in [-0.1, -0.05) is 24.8 Å². The highest BCUT2D eigenvalue weighted by atomic mass is 19.3. The Balaban J connectivity index is 0.779. The number of halogens is 2. The van der Waals surface area contributed by atoms with Crippen molar-refractivity contribution in [1.29, 1.82) is 0 Å². The molecule has 4 aliphatic rings. The van der Waals surface area contributed by atoms with Gasteiger partial charge in [0.25, 0.3) is 12.3 Å². The molecule has 1 unspecified atom stereocenters. The van der Waals surface area contributed by atoms with Crippen molar-refractivity contribution in [2.75, 3.05) is 54.9 Å². The summed E-state index contributed by atoms with van der Waals surface area (Å²) in [5.74, 6) is -0.0297. The van der Waals surface area contributed by atoms with Gasteiger partial charge in [0.2, 0.25) is 11.8 Å². The van der Waals surface area contributed by atoms with E-state index in [2.05, 4.69) is 73.9 Å². The molecule has 4 fully saturated rings. The molecule has 0 bridgehead atoms. The monoisotopic (exact) mass is 848 g/mol. The molecule has 1 aromatic carbocycles. The highest BCUT2D eigenvalue weighted by Gasteiger charge is 2.33. The van der Waals surface area contributed by atoms with Gasteiger partial charge in [-0.15, -0.1) is 0 Å². The molecule has 3 saturated heterocycles. The number of benzene rings is 1. The number of nitrogens with zero attached hydrogens (tertiary/aromatic N) is 10. The Bertz CT molecular complexity index is 2530. The number of allylic oxidation sites excluding steroid dienone is 1. The van der Waals surface area contributed by atoms with E-state index in [1.54, 1.807) is 23.2 Å². The number of aryl methyl sites for hydroxylation is 1. The summed E-state index contributed by atoms with van der Waals surface area (Å²) in [5.41, 5.74) is 3.90. The molecule has 17 heteroatoms. The largest absolute Gasteiger partial charge is 0.371 e. The molecular formula is C45H54F2N12O3. The Morgan fingerprint density at radius 1 is 1.03 bits per heavy atom. The van der Waals surface area contributed by atoms with Gasteiger partial charge in [0.1, 0.15) is 11.4 Å². The number of amides is 3. The number of carbonyl (C=O) groups excluding carboxylic acids is 3. The molecule has 2 N–H and O–H groups in total. The van der Waals surface area contributed by atoms with Crippen LogP contribution in [0.15, 0.2) is 67.7 Å². The lowest BCUT2D eigenvalue weighted by Gasteiger charge is -2.40. The third kappa shape index (κ3) is 8.09. The van der Waals surface area contributed by atoms with Crippen molar-refractivity contribution in [3.05, 3.63) is 84.6 Å². The van der Waals surface area contributed by atoms with Crippen molar-refractivity contribution in [2.45, 2.75) is 82.2 Å². The SMILES string of the molecule is C=CC(=C)[C@@H]1CCN(c2ccn3ncc(C(=O)Nc4cn(C5CCC(CN(C)C6CCN(c7ccc8c(C9CCC(=O)NC9=O)nn(C)c8c7)CC6)CC5)nc4C(F)F)c3n2)C1. The second-order valence-electron chi connectivity index (χ2n) is 17.5. The maximum absolute atomic E-state index is 14.4. The van der Waals surface area contributed by atoms with Crippen molar-refractivity contribution < 1.29 is 23.2 Å². The first-order chi connectivity index (χ1) is 29.9. The van der Waals surface area contributed by atoms with E-state index in [-0.39, 0.29) is 35.0 Å². The summed E-state index contributed by atoms with van der Waals surface area (Å²) >= 11 is 0. The van der Waals surface area contributed by atoms with Crippen LogP contribution in [0.5, 0.6) is 0 Å². The van der Waals surface area contributed by atoms with Crippen LogP contribution in [0.4, 0.5) is 26.0 Å². The molecule has 2 atom stereocenters. The number of hydrogen-bond acceptors (Lipinski definition) is 10. The van der Waals surface area contributed by atoms with E-state index in [1.165, 1.54) is 10.7 Å². The molecule has 4 aromatic heterocycles. The molecule has 15 nitrogen and oxygen atoms in total. The summed E-state index contributed by atoms with van der Waals surface area (Å²) in [5, 5.41) is 19.4. The maximum Gasteiger partial charge on any atom is 0.284 e. The van der Waals surface area contributed by atoms with Crippen LogP contribution < -0.4 is 20.4 Å². The van der Waals surface area contributed by atoms with Crippen LogP contribution in [0, 0.1) is 11.8 Å². The summed E-state index contributed by atoms with van der Waals surface area (Å²) < 4.78 is 33.7. The normalized spacial score (nSPS) is 22.6. The zero-order valence-electron chi connectivity index (χ0n) is 35.3. The molecule has 1 aliphatic carbocycles. The standard InChI is InChI=1S/C45H54F2N12O3/c1-5-27(2)29-14-18-57(25-29)38-17-21-58-43(50-38)35(23-48-58)45(62)49-36-26-59(53-41(36)42(46)47)31-8-6-28(7-9-31)24-54(3)30-15-19-56(20-16-30)32-10-11-33-37(22-32)55(4)52-40(33)34-12-13-39(60)51-44(34)61/h5,10-11,17,21-23,26,28-31,34,42H,1-2,6-9,12-16,18-20,24-25H2,3-4H3,(H,49,62)(H,51,60,61)/t28?,29-,31?,34?/m1/s1. The molecule has 62 heavy (non-hydrogen) atoms. The minimum absolute atomic E-state index is 0.00348. The van der Waals surface area contributed by atoms with Gasteiger partial charge in [0, 0.05) is 81.6 Å². The fraction of sp³-hybridized carbons (Fsp3) is 0.489. The van der Waals surface area contributed by atoms with Crippen LogP contribution in [0.1, 0.15) is 97.9 Å². The van der Waals surface area contributed by atoms with Crippen LogP contribution in [-0.4, -0.2) is 103 Å². The summed E-state index contributed by atoms with van der Waals surface area (Å²) in [4.78, 5) is 49.7. The van der Waals surface area contributed by atoms with Gasteiger partial charge in [0.05, 0.1) is 35.1 Å². The predicted molar refractivity (Wildman–Crippen MR) is 232 cm³/mol. The molecule has 0 spiro atoms. The summed E-state index contributed by atoms with van der Waals surface area (Å²) in [6, 6.07) is 8.60. The molecule has 7 heterocycles. The fourth-order valence-electron chi connectivity index (χ4n) is 10.1. The van der Waals surface area contributed by atoms with Gasteiger partial charge >= 0.3 is 0 Å². The molecule has 3 amide bonds. The number of rotatable bonds is 12. The van der Waals surface area contributed by atoms with Crippen molar-refractivity contribution in [2.24, 2.45) is 18.9 Å². The number of piperidine rings is 2. The molecule has 1 saturated carbocycles. The first kappa shape index (κ1) is 41.4. The van der Waals surface area contributed by atoms with Crippen molar-refractivity contribution in [1.82, 2.24) is 44.4 Å². The fourth-order valence-corrected chi connectivity index (χ4v) is 10.1. The lowest BCUT2D eigenvalue weighted by Crippen LogP contribution is -2.45. The van der Waals surface area contributed by atoms with Crippen molar-refractivity contribution in [3.63, 3.8) is 0 Å². The minimum atomic E-state index is -2.86. The predicted octanol–water partition coefficient (Wildman–Crippen LogP) is 6.42. The summed E-state index contributed by atoms with van der Waals surface area (Å²) in [6.07, 6.45) is 11.0. The average Bonchev–Trinajstić information content (AvgIpc) is 4.09. The average molecular weight is 849 g/mol. The highest BCUT2D eigenvalue weighted by Crippen LogP contribution is 2.37. The quantitative estimate of drug-likeness (QED) is 0.106. The van der Waals surface area contributed by atoms with Gasteiger partial charge < -0.3 is 20.0 Å². The topological polar surface area (TPSA) is 151 Å². The van der Waals surface area contributed by atoms with Crippen LogP contribution in [0.3, 0.4) is 0 Å². The van der Waals surface area contributed by atoms with E-state index in [0.29, 0.717) is 36.3 Å². The number of alkyl halides is 2. The Morgan fingerprint density at radius 3 is 2.55 bits per heavy atom. The second kappa shape index (κ2) is 17.1. The zero-order chi connectivity index (χ0) is 43.2. The lowest BCUT2D eigenvalue weighted by atomic mass is 9.85. The number of hydrogen-bond donors (Lipinski definition) is 2. The highest BCUT2D eigenvalue weighted by molar-refractivity contribution is 6.08. The zero-order valence-corrected chi connectivity index (χ0v) is 35.3. The second-order valence-corrected chi connectivity index (χ2v) is 17.5. The van der Waals surface area contributed by atoms with E-state index < -0.39 is 23.9 Å². The molecule has 0 radical (unpaired) electrons. The number of imide groups is 1. The van der Waals surface area contributed by atoms with Gasteiger partial charge in [-0.3, -0.25) is 29.1 Å². The van der Waals surface area contributed by atoms with E-state index in [0.717, 1.165) is 106 Å². The number of aromatic nitrogens is 7. The Kier molecular flexibility index (Phi) is 11.4. The lowest BCUT2D eigenvalue weighted by molar-refractivity contribution is -0.134. The number of carbonyl (C=O) groups is 3. The van der Waals surface area contributed by atoms with Crippen LogP contribution in [0.2, 0.25) is 0 Å². The van der Waals surface area contributed by atoms with Crippen LogP contribution in [-0.2, 0) is 16.6 Å². The van der Waals surface area contributed by atoms with Gasteiger partial charge in [-0.25, -0.2) is 18.3 Å². The van der Waals surface area contributed by atoms with E-state index in [9.17, 15) is 23.2 Å². The number of anilines is 3. The molecule has 9 rings (SSSR count). The Morgan fingerprint density at radius 2 is 1.81 bits per heavy atom. The van der Waals surface area contributed by atoms with Gasteiger partial charge in [0.15, 0.2) is 11.3 Å². The third-order valence-corrected chi connectivity index (χ3v) is 13.7. The molecular weight excluding hydrogens is 795 g/mol. The Labute approximate surface area is 358 Å². The number of nitrogens with one attached hydrogen (secondary N) is 2. The first-order valence-corrected chi connectivity index (χ1v) is 21.8. The maximum atomic E-state index is 14.4. The van der Waals surface area contributed by atoms with Crippen molar-refractivity contribution in [3.8, 4) is 0 Å². The number of fused-ring (bicyclic) bond motifs is 2. The Hall–Kier alpha value is -5.97. The van der Waals surface area contributed by atoms with Gasteiger partial charge in [-0.2, -0.15) is 15.3 Å². The summed E-state index contributed by atoms with van der Waals surface area (Å²) in [6.45, 7) is 12.3. The van der Waals surface area contributed by atoms with Crippen LogP contribution in [0.25, 0.3) is 16.6 Å². The van der Waals surface area contributed by atoms with E-state index in [1.807, 2.05) is 17.8 Å². The molecule has 326 valence electrons. The molecule has 5 aromatic rings. The van der Waals surface area contributed by atoms with Crippen LogP contribution >= 0.6 is 0 Å². The van der Waals surface area contributed by atoms with Crippen molar-refractivity contribution >= 4 is 51.5 Å². The third-order valence-electron chi connectivity index (χ3n) is 13.7. The first-order valence-electron chi connectivity index (χ1n) is 21.8. The van der Waals surface area contributed by atoms with Gasteiger partial charge in [-0.05, 0) is 88.6 Å².